The first kappa shape index (κ1) is 12.3. The van der Waals surface area contributed by atoms with Gasteiger partial charge in [-0.2, -0.15) is 0 Å². The van der Waals surface area contributed by atoms with Crippen molar-refractivity contribution in [3.63, 3.8) is 0 Å². The van der Waals surface area contributed by atoms with Gasteiger partial charge in [-0.25, -0.2) is 4.39 Å². The van der Waals surface area contributed by atoms with Crippen molar-refractivity contribution in [1.29, 1.82) is 0 Å². The fraction of sp³-hybridized carbons (Fsp3) is 0.667. The number of rotatable bonds is 5. The molecule has 0 aliphatic rings. The van der Waals surface area contributed by atoms with Crippen molar-refractivity contribution in [2.24, 2.45) is 16.6 Å². The van der Waals surface area contributed by atoms with Gasteiger partial charge in [0.2, 0.25) is 0 Å². The lowest BCUT2D eigenvalue weighted by atomic mass is 10.1. The SMILES string of the molecule is C=C(F)C(CN)=NC(O)C(C)CC. The van der Waals surface area contributed by atoms with Crippen molar-refractivity contribution in [2.45, 2.75) is 26.5 Å². The minimum Gasteiger partial charge on any atom is -0.372 e. The van der Waals surface area contributed by atoms with Crippen LogP contribution in [0.2, 0.25) is 0 Å². The molecule has 0 aromatic carbocycles. The number of hydrogen-bond donors (Lipinski definition) is 2. The van der Waals surface area contributed by atoms with E-state index in [0.717, 1.165) is 6.42 Å². The van der Waals surface area contributed by atoms with E-state index in [2.05, 4.69) is 11.6 Å². The molecule has 2 unspecified atom stereocenters. The minimum absolute atomic E-state index is 0.000833. The van der Waals surface area contributed by atoms with Gasteiger partial charge in [0.05, 0.1) is 5.71 Å². The van der Waals surface area contributed by atoms with Crippen LogP contribution in [-0.2, 0) is 0 Å². The topological polar surface area (TPSA) is 58.6 Å². The van der Waals surface area contributed by atoms with Crippen molar-refractivity contribution in [3.8, 4) is 0 Å². The molecule has 2 atom stereocenters. The molecule has 0 radical (unpaired) electrons. The molecule has 0 fully saturated rings. The second-order valence-corrected chi connectivity index (χ2v) is 2.98. The highest BCUT2D eigenvalue weighted by Crippen LogP contribution is 2.10. The van der Waals surface area contributed by atoms with Gasteiger partial charge >= 0.3 is 0 Å². The van der Waals surface area contributed by atoms with E-state index in [-0.39, 0.29) is 18.2 Å². The second kappa shape index (κ2) is 5.83. The Morgan fingerprint density at radius 1 is 1.69 bits per heavy atom. The Balaban J connectivity index is 4.41. The smallest absolute Gasteiger partial charge is 0.148 e. The van der Waals surface area contributed by atoms with E-state index in [1.54, 1.807) is 0 Å². The maximum absolute atomic E-state index is 12.6. The maximum Gasteiger partial charge on any atom is 0.148 e. The van der Waals surface area contributed by atoms with E-state index in [1.165, 1.54) is 0 Å². The third kappa shape index (κ3) is 4.15. The average molecular weight is 188 g/mol. The third-order valence-electron chi connectivity index (χ3n) is 1.95. The van der Waals surface area contributed by atoms with E-state index in [1.807, 2.05) is 13.8 Å². The van der Waals surface area contributed by atoms with Crippen LogP contribution in [0.5, 0.6) is 0 Å². The van der Waals surface area contributed by atoms with Crippen molar-refractivity contribution in [3.05, 3.63) is 12.4 Å². The van der Waals surface area contributed by atoms with Crippen molar-refractivity contribution in [1.82, 2.24) is 0 Å². The zero-order valence-corrected chi connectivity index (χ0v) is 8.13. The summed E-state index contributed by atoms with van der Waals surface area (Å²) in [6.07, 6.45) is -0.113. The Morgan fingerprint density at radius 2 is 2.23 bits per heavy atom. The van der Waals surface area contributed by atoms with Gasteiger partial charge < -0.3 is 10.8 Å². The summed E-state index contributed by atoms with van der Waals surface area (Å²) in [5.41, 5.74) is 5.26. The Morgan fingerprint density at radius 3 is 2.54 bits per heavy atom. The highest BCUT2D eigenvalue weighted by atomic mass is 19.1. The molecular formula is C9H17FN2O. The molecule has 0 rings (SSSR count). The molecule has 0 heterocycles. The average Bonchev–Trinajstić information content (AvgIpc) is 2.11. The number of aliphatic hydroxyl groups excluding tert-OH is 1. The van der Waals surface area contributed by atoms with Crippen LogP contribution >= 0.6 is 0 Å². The van der Waals surface area contributed by atoms with Gasteiger partial charge in [-0.1, -0.05) is 20.4 Å². The van der Waals surface area contributed by atoms with E-state index in [4.69, 9.17) is 5.73 Å². The van der Waals surface area contributed by atoms with Crippen LogP contribution in [0.25, 0.3) is 0 Å². The normalized spacial score (nSPS) is 16.8. The van der Waals surface area contributed by atoms with Crippen LogP contribution in [0, 0.1) is 5.92 Å². The van der Waals surface area contributed by atoms with Gasteiger partial charge in [0.1, 0.15) is 12.1 Å². The monoisotopic (exact) mass is 188 g/mol. The molecule has 0 aliphatic heterocycles. The van der Waals surface area contributed by atoms with E-state index in [9.17, 15) is 9.50 Å². The molecule has 0 bridgehead atoms. The molecule has 4 heteroatoms. The summed E-state index contributed by atoms with van der Waals surface area (Å²) in [6, 6.07) is 0. The molecule has 76 valence electrons. The zero-order valence-electron chi connectivity index (χ0n) is 8.13. The van der Waals surface area contributed by atoms with E-state index < -0.39 is 12.1 Å². The first-order valence-corrected chi connectivity index (χ1v) is 4.32. The van der Waals surface area contributed by atoms with Crippen molar-refractivity contribution < 1.29 is 9.50 Å². The highest BCUT2D eigenvalue weighted by molar-refractivity contribution is 5.99. The molecule has 0 saturated heterocycles. The molecule has 13 heavy (non-hydrogen) atoms. The lowest BCUT2D eigenvalue weighted by Crippen LogP contribution is -2.21. The molecule has 3 nitrogen and oxygen atoms in total. The summed E-state index contributed by atoms with van der Waals surface area (Å²) >= 11 is 0. The van der Waals surface area contributed by atoms with Crippen molar-refractivity contribution >= 4 is 5.71 Å². The summed E-state index contributed by atoms with van der Waals surface area (Å²) in [5, 5.41) is 9.42. The van der Waals surface area contributed by atoms with Crippen LogP contribution in [-0.4, -0.2) is 23.6 Å². The Labute approximate surface area is 78.2 Å². The number of aliphatic imine (C=N–C) groups is 1. The van der Waals surface area contributed by atoms with Gasteiger partial charge in [0.15, 0.2) is 0 Å². The Hall–Kier alpha value is -0.740. The van der Waals surface area contributed by atoms with Gasteiger partial charge in [-0.15, -0.1) is 0 Å². The second-order valence-electron chi connectivity index (χ2n) is 2.98. The number of hydrogen-bond acceptors (Lipinski definition) is 3. The zero-order chi connectivity index (χ0) is 10.4. The molecular weight excluding hydrogens is 171 g/mol. The van der Waals surface area contributed by atoms with E-state index >= 15 is 0 Å². The molecule has 0 amide bonds. The number of nitrogens with zero attached hydrogens (tertiary/aromatic N) is 1. The van der Waals surface area contributed by atoms with Gasteiger partial charge in [0, 0.05) is 12.5 Å². The van der Waals surface area contributed by atoms with Gasteiger partial charge in [0.25, 0.3) is 0 Å². The number of halogens is 1. The number of nitrogens with two attached hydrogens (primary N) is 1. The lowest BCUT2D eigenvalue weighted by Gasteiger charge is -2.13. The first-order valence-electron chi connectivity index (χ1n) is 4.32. The summed E-state index contributed by atoms with van der Waals surface area (Å²) in [5.74, 6) is -0.675. The quantitative estimate of drug-likeness (QED) is 0.637. The fourth-order valence-corrected chi connectivity index (χ4v) is 0.731. The predicted octanol–water partition coefficient (Wildman–Crippen LogP) is 1.23. The maximum atomic E-state index is 12.6. The minimum atomic E-state index is -0.893. The largest absolute Gasteiger partial charge is 0.372 e. The van der Waals surface area contributed by atoms with Crippen molar-refractivity contribution in [2.75, 3.05) is 6.54 Å². The van der Waals surface area contributed by atoms with E-state index in [0.29, 0.717) is 0 Å². The fourth-order valence-electron chi connectivity index (χ4n) is 0.731. The third-order valence-corrected chi connectivity index (χ3v) is 1.95. The molecule has 0 saturated carbocycles. The molecule has 0 aromatic heterocycles. The molecule has 0 aliphatic carbocycles. The highest BCUT2D eigenvalue weighted by Gasteiger charge is 2.12. The standard InChI is InChI=1S/C9H17FN2O/c1-4-6(2)9(13)12-8(5-11)7(3)10/h6,9,13H,3-5,11H2,1-2H3. The van der Waals surface area contributed by atoms with Crippen LogP contribution < -0.4 is 5.73 Å². The summed E-state index contributed by atoms with van der Waals surface area (Å²) in [4.78, 5) is 3.74. The lowest BCUT2D eigenvalue weighted by molar-refractivity contribution is 0.123. The molecule has 3 N–H and O–H groups in total. The summed E-state index contributed by atoms with van der Waals surface area (Å²) < 4.78 is 12.6. The number of aliphatic hydroxyl groups is 1. The first-order chi connectivity index (χ1) is 6.02. The van der Waals surface area contributed by atoms with Crippen LogP contribution in [0.4, 0.5) is 4.39 Å². The van der Waals surface area contributed by atoms with Crippen LogP contribution in [0.15, 0.2) is 17.4 Å². The Kier molecular flexibility index (Phi) is 5.50. The summed E-state index contributed by atoms with van der Waals surface area (Å²) in [6.45, 7) is 6.80. The van der Waals surface area contributed by atoms with Gasteiger partial charge in [-0.05, 0) is 6.42 Å². The summed E-state index contributed by atoms with van der Waals surface area (Å²) in [7, 11) is 0. The Bertz CT molecular complexity index is 204. The molecule has 0 aromatic rings. The van der Waals surface area contributed by atoms with Crippen LogP contribution in [0.1, 0.15) is 20.3 Å². The predicted molar refractivity (Wildman–Crippen MR) is 52.2 cm³/mol. The van der Waals surface area contributed by atoms with Gasteiger partial charge in [-0.3, -0.25) is 4.99 Å². The molecule has 0 spiro atoms. The van der Waals surface area contributed by atoms with Crippen LogP contribution in [0.3, 0.4) is 0 Å².